The molecule has 0 radical (unpaired) electrons. The minimum Gasteiger partial charge on any atom is -0.261 e. The first-order valence-corrected chi connectivity index (χ1v) is 4.21. The third-order valence-electron chi connectivity index (χ3n) is 1.61. The maximum Gasteiger partial charge on any atom is 0.210 e. The molecule has 0 aromatic carbocycles. The van der Waals surface area contributed by atoms with Gasteiger partial charge in [0.05, 0.1) is 11.8 Å². The summed E-state index contributed by atoms with van der Waals surface area (Å²) in [6, 6.07) is 0. The Hall–Kier alpha value is -2.05. The number of rotatable bonds is 3. The standard InChI is InChI=1S/C7H9N7/c1-2-3-8-6-5(4-9-10-6)7-11-13-14-12-7/h3-4H,2H2,1H3,(H,9,10)(H,11,12,13,14). The van der Waals surface area contributed by atoms with Crippen molar-refractivity contribution >= 4 is 12.0 Å². The van der Waals surface area contributed by atoms with Crippen LogP contribution in [0, 0.1) is 0 Å². The number of tetrazole rings is 1. The zero-order valence-electron chi connectivity index (χ0n) is 7.60. The molecule has 2 aromatic heterocycles. The second-order valence-electron chi connectivity index (χ2n) is 2.59. The SMILES string of the molecule is CCC=Nc1[nH]ncc1-c1nn[nH]n1. The van der Waals surface area contributed by atoms with Crippen molar-refractivity contribution in [2.45, 2.75) is 13.3 Å². The molecule has 7 heteroatoms. The van der Waals surface area contributed by atoms with E-state index in [0.717, 1.165) is 12.0 Å². The number of aromatic amines is 2. The number of aromatic nitrogens is 6. The van der Waals surface area contributed by atoms with Crippen molar-refractivity contribution in [1.82, 2.24) is 30.8 Å². The molecule has 0 aliphatic carbocycles. The van der Waals surface area contributed by atoms with E-state index in [-0.39, 0.29) is 0 Å². The van der Waals surface area contributed by atoms with Gasteiger partial charge in [-0.25, -0.2) is 4.99 Å². The quantitative estimate of drug-likeness (QED) is 0.698. The summed E-state index contributed by atoms with van der Waals surface area (Å²) in [6.07, 6.45) is 4.27. The van der Waals surface area contributed by atoms with Crippen molar-refractivity contribution in [3.8, 4) is 11.4 Å². The Labute approximate surface area is 79.6 Å². The largest absolute Gasteiger partial charge is 0.261 e. The first-order valence-electron chi connectivity index (χ1n) is 4.21. The Balaban J connectivity index is 2.35. The number of aliphatic imine (C=N–C) groups is 1. The van der Waals surface area contributed by atoms with E-state index in [1.807, 2.05) is 6.92 Å². The minimum atomic E-state index is 0.488. The molecule has 0 amide bonds. The maximum absolute atomic E-state index is 4.18. The molecular weight excluding hydrogens is 182 g/mol. The summed E-state index contributed by atoms with van der Waals surface area (Å²) in [4.78, 5) is 4.18. The lowest BCUT2D eigenvalue weighted by molar-refractivity contribution is 0.881. The minimum absolute atomic E-state index is 0.488. The molecule has 0 unspecified atom stereocenters. The van der Waals surface area contributed by atoms with Crippen LogP contribution in [0.25, 0.3) is 11.4 Å². The van der Waals surface area contributed by atoms with Crippen LogP contribution in [0.1, 0.15) is 13.3 Å². The molecule has 0 saturated carbocycles. The van der Waals surface area contributed by atoms with Crippen molar-refractivity contribution in [2.75, 3.05) is 0 Å². The van der Waals surface area contributed by atoms with Crippen LogP contribution in [-0.4, -0.2) is 37.0 Å². The molecule has 0 aliphatic rings. The van der Waals surface area contributed by atoms with Crippen LogP contribution in [0.3, 0.4) is 0 Å². The van der Waals surface area contributed by atoms with Gasteiger partial charge in [-0.2, -0.15) is 10.3 Å². The Morgan fingerprint density at radius 3 is 3.21 bits per heavy atom. The highest BCUT2D eigenvalue weighted by Crippen LogP contribution is 2.23. The van der Waals surface area contributed by atoms with Gasteiger partial charge in [0.1, 0.15) is 0 Å². The van der Waals surface area contributed by atoms with E-state index < -0.39 is 0 Å². The number of hydrogen-bond donors (Lipinski definition) is 2. The van der Waals surface area contributed by atoms with E-state index in [0.29, 0.717) is 11.6 Å². The van der Waals surface area contributed by atoms with E-state index in [9.17, 15) is 0 Å². The second-order valence-corrected chi connectivity index (χ2v) is 2.59. The van der Waals surface area contributed by atoms with Crippen molar-refractivity contribution in [2.24, 2.45) is 4.99 Å². The molecule has 0 atom stereocenters. The Morgan fingerprint density at radius 1 is 1.57 bits per heavy atom. The van der Waals surface area contributed by atoms with Gasteiger partial charge in [-0.1, -0.05) is 6.92 Å². The first-order chi connectivity index (χ1) is 6.92. The smallest absolute Gasteiger partial charge is 0.210 e. The summed E-state index contributed by atoms with van der Waals surface area (Å²) >= 11 is 0. The van der Waals surface area contributed by atoms with Crippen LogP contribution < -0.4 is 0 Å². The van der Waals surface area contributed by atoms with Gasteiger partial charge in [-0.15, -0.1) is 10.2 Å². The topological polar surface area (TPSA) is 95.5 Å². The van der Waals surface area contributed by atoms with Crippen molar-refractivity contribution < 1.29 is 0 Å². The Kier molecular flexibility index (Phi) is 2.30. The average Bonchev–Trinajstić information content (AvgIpc) is 2.84. The van der Waals surface area contributed by atoms with Crippen LogP contribution in [0.5, 0.6) is 0 Å². The first kappa shape index (κ1) is 8.54. The molecule has 0 spiro atoms. The third-order valence-corrected chi connectivity index (χ3v) is 1.61. The number of hydrogen-bond acceptors (Lipinski definition) is 5. The zero-order valence-corrected chi connectivity index (χ0v) is 7.60. The summed E-state index contributed by atoms with van der Waals surface area (Å²) < 4.78 is 0. The Morgan fingerprint density at radius 2 is 2.50 bits per heavy atom. The Bertz CT molecular complexity index is 413. The van der Waals surface area contributed by atoms with Gasteiger partial charge >= 0.3 is 0 Å². The van der Waals surface area contributed by atoms with Gasteiger partial charge in [0, 0.05) is 6.21 Å². The lowest BCUT2D eigenvalue weighted by atomic mass is 10.3. The highest BCUT2D eigenvalue weighted by molar-refractivity contribution is 5.71. The van der Waals surface area contributed by atoms with Crippen LogP contribution in [-0.2, 0) is 0 Å². The predicted molar refractivity (Wildman–Crippen MR) is 50.2 cm³/mol. The van der Waals surface area contributed by atoms with Gasteiger partial charge in [0.2, 0.25) is 5.82 Å². The van der Waals surface area contributed by atoms with Gasteiger partial charge in [-0.3, -0.25) is 5.10 Å². The summed E-state index contributed by atoms with van der Waals surface area (Å²) in [6.45, 7) is 2.01. The number of nitrogens with zero attached hydrogens (tertiary/aromatic N) is 5. The lowest BCUT2D eigenvalue weighted by Crippen LogP contribution is -1.79. The molecule has 0 fully saturated rings. The van der Waals surface area contributed by atoms with Crippen molar-refractivity contribution in [3.63, 3.8) is 0 Å². The predicted octanol–water partition coefficient (Wildman–Crippen LogP) is 0.702. The highest BCUT2D eigenvalue weighted by atomic mass is 15.5. The lowest BCUT2D eigenvalue weighted by Gasteiger charge is -1.89. The monoisotopic (exact) mass is 191 g/mol. The van der Waals surface area contributed by atoms with Crippen LogP contribution in [0.15, 0.2) is 11.2 Å². The van der Waals surface area contributed by atoms with Gasteiger partial charge in [0.15, 0.2) is 5.82 Å². The second kappa shape index (κ2) is 3.77. The maximum atomic E-state index is 4.18. The molecule has 2 heterocycles. The fraction of sp³-hybridized carbons (Fsp3) is 0.286. The molecule has 0 saturated heterocycles. The molecule has 0 bridgehead atoms. The molecule has 7 nitrogen and oxygen atoms in total. The van der Waals surface area contributed by atoms with Crippen LogP contribution in [0.4, 0.5) is 5.82 Å². The van der Waals surface area contributed by atoms with Crippen LogP contribution in [0.2, 0.25) is 0 Å². The van der Waals surface area contributed by atoms with Crippen molar-refractivity contribution in [1.29, 1.82) is 0 Å². The van der Waals surface area contributed by atoms with E-state index in [1.165, 1.54) is 0 Å². The molecule has 14 heavy (non-hydrogen) atoms. The number of H-pyrrole nitrogens is 2. The van der Waals surface area contributed by atoms with E-state index in [1.54, 1.807) is 12.4 Å². The molecule has 2 aromatic rings. The van der Waals surface area contributed by atoms with E-state index in [2.05, 4.69) is 35.8 Å². The molecule has 0 aliphatic heterocycles. The molecule has 2 rings (SSSR count). The summed E-state index contributed by atoms with van der Waals surface area (Å²) in [5, 5.41) is 20.2. The highest BCUT2D eigenvalue weighted by Gasteiger charge is 2.09. The van der Waals surface area contributed by atoms with E-state index >= 15 is 0 Å². The normalized spacial score (nSPS) is 11.2. The molecule has 2 N–H and O–H groups in total. The van der Waals surface area contributed by atoms with E-state index in [4.69, 9.17) is 0 Å². The summed E-state index contributed by atoms with van der Waals surface area (Å²) in [5.41, 5.74) is 0.739. The summed E-state index contributed by atoms with van der Waals surface area (Å²) in [5.74, 6) is 1.13. The fourth-order valence-electron chi connectivity index (χ4n) is 1.000. The van der Waals surface area contributed by atoms with Gasteiger partial charge in [-0.05, 0) is 11.6 Å². The third kappa shape index (κ3) is 1.51. The van der Waals surface area contributed by atoms with Gasteiger partial charge < -0.3 is 0 Å². The average molecular weight is 191 g/mol. The zero-order chi connectivity index (χ0) is 9.80. The van der Waals surface area contributed by atoms with Gasteiger partial charge in [0.25, 0.3) is 0 Å². The number of nitrogens with one attached hydrogen (secondary N) is 2. The molecule has 72 valence electrons. The van der Waals surface area contributed by atoms with Crippen molar-refractivity contribution in [3.05, 3.63) is 6.20 Å². The molecular formula is C7H9N7. The van der Waals surface area contributed by atoms with Crippen LogP contribution >= 0.6 is 0 Å². The fourth-order valence-corrected chi connectivity index (χ4v) is 1.000. The summed E-state index contributed by atoms with van der Waals surface area (Å²) in [7, 11) is 0.